The average molecular weight is 529 g/mol. The number of nitrogens with one attached hydrogen (secondary N) is 2. The molecular formula is C25H28N4O5S2. The van der Waals surface area contributed by atoms with E-state index < -0.39 is 15.9 Å². The number of sulfonamides is 1. The van der Waals surface area contributed by atoms with E-state index in [4.69, 9.17) is 10.5 Å². The van der Waals surface area contributed by atoms with Gasteiger partial charge in [0.2, 0.25) is 5.91 Å². The van der Waals surface area contributed by atoms with Crippen LogP contribution in [-0.2, 0) is 16.6 Å². The van der Waals surface area contributed by atoms with E-state index in [0.717, 1.165) is 21.9 Å². The maximum Gasteiger partial charge on any atom is 0.252 e. The van der Waals surface area contributed by atoms with E-state index in [-0.39, 0.29) is 22.7 Å². The van der Waals surface area contributed by atoms with Crippen molar-refractivity contribution in [2.75, 3.05) is 25.5 Å². The highest BCUT2D eigenvalue weighted by Gasteiger charge is 2.30. The van der Waals surface area contributed by atoms with Crippen molar-refractivity contribution >= 4 is 38.9 Å². The number of methoxy groups -OCH3 is 1. The van der Waals surface area contributed by atoms with Gasteiger partial charge < -0.3 is 21.1 Å². The molecule has 0 spiro atoms. The molecule has 0 radical (unpaired) electrons. The zero-order chi connectivity index (χ0) is 25.7. The molecule has 11 heteroatoms. The first kappa shape index (κ1) is 25.7. The lowest BCUT2D eigenvalue weighted by molar-refractivity contribution is 0.0949. The van der Waals surface area contributed by atoms with E-state index in [9.17, 15) is 18.0 Å². The predicted octanol–water partition coefficient (Wildman–Crippen LogP) is 3.05. The lowest BCUT2D eigenvalue weighted by atomic mass is 10.1. The van der Waals surface area contributed by atoms with Gasteiger partial charge in [-0.2, -0.15) is 4.31 Å². The minimum atomic E-state index is -3.62. The molecule has 4 rings (SSSR count). The second-order valence-electron chi connectivity index (χ2n) is 8.40. The van der Waals surface area contributed by atoms with E-state index in [1.807, 2.05) is 6.07 Å². The molecule has 2 heterocycles. The van der Waals surface area contributed by atoms with E-state index >= 15 is 0 Å². The average Bonchev–Trinajstić information content (AvgIpc) is 3.38. The number of thiophene rings is 1. The zero-order valence-corrected chi connectivity index (χ0v) is 21.4. The summed E-state index contributed by atoms with van der Waals surface area (Å²) >= 11 is 1.16. The molecule has 1 saturated heterocycles. The van der Waals surface area contributed by atoms with Gasteiger partial charge >= 0.3 is 0 Å². The van der Waals surface area contributed by atoms with E-state index in [1.54, 1.807) is 54.6 Å². The largest absolute Gasteiger partial charge is 0.497 e. The van der Waals surface area contributed by atoms with Gasteiger partial charge in [-0.3, -0.25) is 9.59 Å². The van der Waals surface area contributed by atoms with Gasteiger partial charge in [-0.25, -0.2) is 8.42 Å². The second-order valence-corrected chi connectivity index (χ2v) is 11.7. The molecule has 1 aliphatic heterocycles. The summed E-state index contributed by atoms with van der Waals surface area (Å²) in [6, 6.07) is 17.2. The van der Waals surface area contributed by atoms with Gasteiger partial charge in [0.05, 0.1) is 13.7 Å². The molecular weight excluding hydrogens is 500 g/mol. The Labute approximate surface area is 214 Å². The maximum absolute atomic E-state index is 13.2. The number of ether oxygens (including phenoxy) is 1. The Kier molecular flexibility index (Phi) is 7.92. The van der Waals surface area contributed by atoms with Crippen LogP contribution in [0.25, 0.3) is 0 Å². The van der Waals surface area contributed by atoms with Crippen molar-refractivity contribution in [3.8, 4) is 5.75 Å². The van der Waals surface area contributed by atoms with Crippen LogP contribution in [0.5, 0.6) is 5.75 Å². The Morgan fingerprint density at radius 2 is 1.78 bits per heavy atom. The monoisotopic (exact) mass is 528 g/mol. The van der Waals surface area contributed by atoms with E-state index in [0.29, 0.717) is 42.8 Å². The standard InChI is InChI=1S/C25H28N4O5S2/c1-34-21-7-3-5-18(15-21)25(31)27-16-22-8-9-23(35-22)36(32,33)29-12-10-19(11-13-29)28-20-6-2-4-17(14-20)24(26)30/h2-9,14-15,19,28H,10-13,16H2,1H3,(H2,26,30)(H,27,31). The molecule has 190 valence electrons. The third-order valence-corrected chi connectivity index (χ3v) is 9.41. The summed E-state index contributed by atoms with van der Waals surface area (Å²) in [5.74, 6) is -0.164. The van der Waals surface area contributed by atoms with Crippen LogP contribution < -0.4 is 21.1 Å². The number of rotatable bonds is 9. The third-order valence-electron chi connectivity index (χ3n) is 5.96. The van der Waals surface area contributed by atoms with Crippen molar-refractivity contribution in [1.82, 2.24) is 9.62 Å². The SMILES string of the molecule is COc1cccc(C(=O)NCc2ccc(S(=O)(=O)N3CCC(Nc4cccc(C(N)=O)c4)CC3)s2)c1. The molecule has 0 atom stereocenters. The predicted molar refractivity (Wildman–Crippen MR) is 139 cm³/mol. The Morgan fingerprint density at radius 3 is 2.50 bits per heavy atom. The van der Waals surface area contributed by atoms with Crippen molar-refractivity contribution in [3.05, 3.63) is 76.7 Å². The lowest BCUT2D eigenvalue weighted by Gasteiger charge is -2.31. The van der Waals surface area contributed by atoms with Gasteiger partial charge in [0, 0.05) is 40.8 Å². The van der Waals surface area contributed by atoms with Crippen LogP contribution in [0, 0.1) is 0 Å². The second kappa shape index (κ2) is 11.1. The number of carbonyl (C=O) groups is 2. The Balaban J connectivity index is 1.32. The summed E-state index contributed by atoms with van der Waals surface area (Å²) in [6.07, 6.45) is 1.27. The third kappa shape index (κ3) is 6.04. The molecule has 2 aromatic carbocycles. The minimum absolute atomic E-state index is 0.0882. The van der Waals surface area contributed by atoms with Crippen molar-refractivity contribution in [2.45, 2.75) is 29.6 Å². The summed E-state index contributed by atoms with van der Waals surface area (Å²) in [5, 5.41) is 6.19. The van der Waals surface area contributed by atoms with Crippen LogP contribution in [-0.4, -0.2) is 50.8 Å². The fourth-order valence-electron chi connectivity index (χ4n) is 3.99. The summed E-state index contributed by atoms with van der Waals surface area (Å²) in [4.78, 5) is 24.6. The fraction of sp³-hybridized carbons (Fsp3) is 0.280. The van der Waals surface area contributed by atoms with Gasteiger partial charge in [-0.1, -0.05) is 12.1 Å². The molecule has 0 saturated carbocycles. The Hall–Kier alpha value is -3.41. The first-order chi connectivity index (χ1) is 17.3. The van der Waals surface area contributed by atoms with Crippen molar-refractivity contribution < 1.29 is 22.7 Å². The number of piperidine rings is 1. The van der Waals surface area contributed by atoms with Crippen molar-refractivity contribution in [3.63, 3.8) is 0 Å². The maximum atomic E-state index is 13.2. The number of hydrogen-bond donors (Lipinski definition) is 3. The quantitative estimate of drug-likeness (QED) is 0.391. The molecule has 1 aliphatic rings. The van der Waals surface area contributed by atoms with Crippen molar-refractivity contribution in [2.24, 2.45) is 5.73 Å². The fourth-order valence-corrected chi connectivity index (χ4v) is 6.91. The van der Waals surface area contributed by atoms with E-state index in [2.05, 4.69) is 10.6 Å². The number of anilines is 1. The van der Waals surface area contributed by atoms with Gasteiger partial charge in [0.1, 0.15) is 9.96 Å². The Bertz CT molecular complexity index is 1350. The van der Waals surface area contributed by atoms with Gasteiger partial charge in [-0.15, -0.1) is 11.3 Å². The highest BCUT2D eigenvalue weighted by molar-refractivity contribution is 7.91. The number of amides is 2. The summed E-state index contributed by atoms with van der Waals surface area (Å²) in [7, 11) is -2.09. The molecule has 9 nitrogen and oxygen atoms in total. The molecule has 2 amide bonds. The Morgan fingerprint density at radius 1 is 1.06 bits per heavy atom. The number of hydrogen-bond acceptors (Lipinski definition) is 7. The van der Waals surface area contributed by atoms with Gasteiger partial charge in [0.15, 0.2) is 0 Å². The van der Waals surface area contributed by atoms with Crippen LogP contribution in [0.1, 0.15) is 38.4 Å². The number of benzene rings is 2. The molecule has 1 aromatic heterocycles. The molecule has 36 heavy (non-hydrogen) atoms. The highest BCUT2D eigenvalue weighted by Crippen LogP contribution is 2.28. The molecule has 1 fully saturated rings. The summed E-state index contributed by atoms with van der Waals surface area (Å²) < 4.78 is 33.3. The number of nitrogens with zero attached hydrogens (tertiary/aromatic N) is 1. The van der Waals surface area contributed by atoms with Gasteiger partial charge in [0.25, 0.3) is 15.9 Å². The normalized spacial score (nSPS) is 14.8. The van der Waals surface area contributed by atoms with Crippen LogP contribution in [0.4, 0.5) is 5.69 Å². The van der Waals surface area contributed by atoms with E-state index in [1.165, 1.54) is 11.4 Å². The molecule has 3 aromatic rings. The van der Waals surface area contributed by atoms with Gasteiger partial charge in [-0.05, 0) is 61.4 Å². The van der Waals surface area contributed by atoms with Crippen LogP contribution in [0.3, 0.4) is 0 Å². The highest BCUT2D eigenvalue weighted by atomic mass is 32.2. The first-order valence-corrected chi connectivity index (χ1v) is 13.7. The van der Waals surface area contributed by atoms with Crippen LogP contribution in [0.2, 0.25) is 0 Å². The lowest BCUT2D eigenvalue weighted by Crippen LogP contribution is -2.42. The molecule has 4 N–H and O–H groups in total. The zero-order valence-electron chi connectivity index (χ0n) is 19.8. The van der Waals surface area contributed by atoms with Crippen molar-refractivity contribution in [1.29, 1.82) is 0 Å². The summed E-state index contributed by atoms with van der Waals surface area (Å²) in [5.41, 5.74) is 7.02. The molecule has 0 unspecified atom stereocenters. The van der Waals surface area contributed by atoms with Crippen LogP contribution >= 0.6 is 11.3 Å². The topological polar surface area (TPSA) is 131 Å². The summed E-state index contributed by atoms with van der Waals surface area (Å²) in [6.45, 7) is 0.997. The smallest absolute Gasteiger partial charge is 0.252 e. The first-order valence-electron chi connectivity index (χ1n) is 11.4. The minimum Gasteiger partial charge on any atom is -0.497 e. The van der Waals surface area contributed by atoms with Crippen LogP contribution in [0.15, 0.2) is 64.9 Å². The number of primary amides is 1. The molecule has 0 aliphatic carbocycles. The number of carbonyl (C=O) groups excluding carboxylic acids is 2. The number of nitrogens with two attached hydrogens (primary N) is 1. The molecule has 0 bridgehead atoms.